The third kappa shape index (κ3) is 3.30. The molecule has 1 heterocycles. The zero-order valence-corrected chi connectivity index (χ0v) is 13.5. The molecule has 0 bridgehead atoms. The van der Waals surface area contributed by atoms with Crippen LogP contribution >= 0.6 is 15.9 Å². The molecule has 106 valence electrons. The minimum Gasteiger partial charge on any atom is -0.377 e. The topological polar surface area (TPSA) is 24.5 Å². The third-order valence-electron chi connectivity index (χ3n) is 3.91. The predicted octanol–water partition coefficient (Wildman–Crippen LogP) is 3.34. The maximum Gasteiger partial charge on any atom is 0.0670 e. The minimum atomic E-state index is 0.372. The highest BCUT2D eigenvalue weighted by Gasteiger charge is 2.23. The molecule has 0 radical (unpaired) electrons. The van der Waals surface area contributed by atoms with Crippen LogP contribution in [0.4, 0.5) is 5.69 Å². The summed E-state index contributed by atoms with van der Waals surface area (Å²) in [6.07, 6.45) is 1.11. The summed E-state index contributed by atoms with van der Waals surface area (Å²) in [4.78, 5) is 2.46. The summed E-state index contributed by atoms with van der Waals surface area (Å²) < 4.78 is 6.75. The highest BCUT2D eigenvalue weighted by atomic mass is 79.9. The second-order valence-corrected chi connectivity index (χ2v) is 5.91. The van der Waals surface area contributed by atoms with Gasteiger partial charge in [0.05, 0.1) is 24.9 Å². The van der Waals surface area contributed by atoms with Crippen LogP contribution in [0.5, 0.6) is 0 Å². The standard InChI is InChI=1S/C15H23BrN2O/c1-4-13-10-19-8-7-18(13)15-6-5-12(9-14(15)16)11(2)17-3/h5-6,9,11,13,17H,4,7-8,10H2,1-3H3. The van der Waals surface area contributed by atoms with Crippen molar-refractivity contribution in [1.29, 1.82) is 0 Å². The Hall–Kier alpha value is -0.580. The Morgan fingerprint density at radius 2 is 2.32 bits per heavy atom. The number of halogens is 1. The number of hydrogen-bond acceptors (Lipinski definition) is 3. The lowest BCUT2D eigenvalue weighted by Crippen LogP contribution is -2.45. The van der Waals surface area contributed by atoms with Crippen molar-refractivity contribution < 1.29 is 4.74 Å². The van der Waals surface area contributed by atoms with E-state index in [0.717, 1.165) is 26.2 Å². The van der Waals surface area contributed by atoms with Crippen LogP contribution in [0.25, 0.3) is 0 Å². The fraction of sp³-hybridized carbons (Fsp3) is 0.600. The zero-order chi connectivity index (χ0) is 13.8. The van der Waals surface area contributed by atoms with Gasteiger partial charge in [0.15, 0.2) is 0 Å². The summed E-state index contributed by atoms with van der Waals surface area (Å²) in [7, 11) is 1.99. The van der Waals surface area contributed by atoms with E-state index in [1.165, 1.54) is 15.7 Å². The van der Waals surface area contributed by atoms with Gasteiger partial charge in [0.2, 0.25) is 0 Å². The average molecular weight is 327 g/mol. The molecule has 4 heteroatoms. The summed E-state index contributed by atoms with van der Waals surface area (Å²) in [5, 5.41) is 3.27. The van der Waals surface area contributed by atoms with Gasteiger partial charge in [-0.25, -0.2) is 0 Å². The molecule has 2 atom stereocenters. The van der Waals surface area contributed by atoms with E-state index in [9.17, 15) is 0 Å². The second kappa shape index (κ2) is 6.73. The Morgan fingerprint density at radius 1 is 1.53 bits per heavy atom. The molecule has 1 aromatic carbocycles. The molecule has 19 heavy (non-hydrogen) atoms. The molecule has 1 fully saturated rings. The number of ether oxygens (including phenoxy) is 1. The fourth-order valence-corrected chi connectivity index (χ4v) is 3.13. The molecule has 0 aliphatic carbocycles. The van der Waals surface area contributed by atoms with Gasteiger partial charge in [-0.1, -0.05) is 13.0 Å². The van der Waals surface area contributed by atoms with E-state index in [-0.39, 0.29) is 0 Å². The lowest BCUT2D eigenvalue weighted by Gasteiger charge is -2.37. The number of rotatable bonds is 4. The van der Waals surface area contributed by atoms with E-state index in [1.807, 2.05) is 7.05 Å². The van der Waals surface area contributed by atoms with Crippen molar-refractivity contribution >= 4 is 21.6 Å². The Balaban J connectivity index is 2.24. The van der Waals surface area contributed by atoms with Gasteiger partial charge in [-0.15, -0.1) is 0 Å². The highest BCUT2D eigenvalue weighted by molar-refractivity contribution is 9.10. The van der Waals surface area contributed by atoms with Gasteiger partial charge in [-0.3, -0.25) is 0 Å². The first-order chi connectivity index (χ1) is 9.17. The molecule has 0 saturated carbocycles. The van der Waals surface area contributed by atoms with Crippen LogP contribution in [0.1, 0.15) is 31.9 Å². The van der Waals surface area contributed by atoms with E-state index in [2.05, 4.69) is 58.2 Å². The molecule has 2 unspecified atom stereocenters. The molecule has 0 amide bonds. The van der Waals surface area contributed by atoms with Crippen molar-refractivity contribution in [3.05, 3.63) is 28.2 Å². The van der Waals surface area contributed by atoms with E-state index < -0.39 is 0 Å². The molecule has 3 nitrogen and oxygen atoms in total. The zero-order valence-electron chi connectivity index (χ0n) is 11.9. The smallest absolute Gasteiger partial charge is 0.0670 e. The average Bonchev–Trinajstić information content (AvgIpc) is 2.46. The maximum absolute atomic E-state index is 5.58. The Kier molecular flexibility index (Phi) is 5.25. The SMILES string of the molecule is CCC1COCCN1c1ccc(C(C)NC)cc1Br. The molecular formula is C15H23BrN2O. The summed E-state index contributed by atoms with van der Waals surface area (Å²) in [5.41, 5.74) is 2.58. The van der Waals surface area contributed by atoms with Crippen molar-refractivity contribution in [1.82, 2.24) is 5.32 Å². The molecule has 1 saturated heterocycles. The van der Waals surface area contributed by atoms with Crippen molar-refractivity contribution in [3.8, 4) is 0 Å². The van der Waals surface area contributed by atoms with Gasteiger partial charge in [0.25, 0.3) is 0 Å². The molecular weight excluding hydrogens is 304 g/mol. The van der Waals surface area contributed by atoms with Gasteiger partial charge >= 0.3 is 0 Å². The van der Waals surface area contributed by atoms with E-state index in [0.29, 0.717) is 12.1 Å². The number of anilines is 1. The molecule has 0 aromatic heterocycles. The molecule has 1 aromatic rings. The largest absolute Gasteiger partial charge is 0.377 e. The van der Waals surface area contributed by atoms with E-state index in [1.54, 1.807) is 0 Å². The van der Waals surface area contributed by atoms with Crippen molar-refractivity contribution in [2.75, 3.05) is 31.7 Å². The number of nitrogens with zero attached hydrogens (tertiary/aromatic N) is 1. The van der Waals surface area contributed by atoms with Gasteiger partial charge in [0, 0.05) is 17.1 Å². The Morgan fingerprint density at radius 3 is 2.95 bits per heavy atom. The summed E-state index contributed by atoms with van der Waals surface area (Å²) in [5.74, 6) is 0. The van der Waals surface area contributed by atoms with Crippen molar-refractivity contribution in [2.24, 2.45) is 0 Å². The summed E-state index contributed by atoms with van der Waals surface area (Å²) in [6.45, 7) is 7.01. The molecule has 0 spiro atoms. The predicted molar refractivity (Wildman–Crippen MR) is 83.9 cm³/mol. The Labute approximate surface area is 124 Å². The van der Waals surface area contributed by atoms with Gasteiger partial charge in [0.1, 0.15) is 0 Å². The third-order valence-corrected chi connectivity index (χ3v) is 4.55. The molecule has 2 rings (SSSR count). The second-order valence-electron chi connectivity index (χ2n) is 5.05. The van der Waals surface area contributed by atoms with Crippen molar-refractivity contribution in [2.45, 2.75) is 32.4 Å². The summed E-state index contributed by atoms with van der Waals surface area (Å²) >= 11 is 3.73. The first kappa shape index (κ1) is 14.8. The lowest BCUT2D eigenvalue weighted by atomic mass is 10.1. The lowest BCUT2D eigenvalue weighted by molar-refractivity contribution is 0.0929. The highest BCUT2D eigenvalue weighted by Crippen LogP contribution is 2.32. The number of nitrogens with one attached hydrogen (secondary N) is 1. The first-order valence-electron chi connectivity index (χ1n) is 6.98. The van der Waals surface area contributed by atoms with Crippen LogP contribution in [-0.4, -0.2) is 32.8 Å². The van der Waals surface area contributed by atoms with Crippen LogP contribution in [0.15, 0.2) is 22.7 Å². The fourth-order valence-electron chi connectivity index (χ4n) is 2.50. The van der Waals surface area contributed by atoms with Gasteiger partial charge < -0.3 is 15.0 Å². The van der Waals surface area contributed by atoms with Gasteiger partial charge in [-0.05, 0) is 54.0 Å². The molecule has 1 N–H and O–H groups in total. The quantitative estimate of drug-likeness (QED) is 0.918. The molecule has 1 aliphatic heterocycles. The van der Waals surface area contributed by atoms with Gasteiger partial charge in [-0.2, -0.15) is 0 Å². The Bertz CT molecular complexity index is 425. The maximum atomic E-state index is 5.58. The van der Waals surface area contributed by atoms with Crippen LogP contribution in [0, 0.1) is 0 Å². The van der Waals surface area contributed by atoms with Crippen LogP contribution in [-0.2, 0) is 4.74 Å². The van der Waals surface area contributed by atoms with Crippen LogP contribution in [0.3, 0.4) is 0 Å². The minimum absolute atomic E-state index is 0.372. The number of hydrogen-bond donors (Lipinski definition) is 1. The number of benzene rings is 1. The molecule has 1 aliphatic rings. The number of morpholine rings is 1. The van der Waals surface area contributed by atoms with Crippen molar-refractivity contribution in [3.63, 3.8) is 0 Å². The van der Waals surface area contributed by atoms with E-state index in [4.69, 9.17) is 4.74 Å². The van der Waals surface area contributed by atoms with Crippen LogP contribution < -0.4 is 10.2 Å². The van der Waals surface area contributed by atoms with Crippen LogP contribution in [0.2, 0.25) is 0 Å². The monoisotopic (exact) mass is 326 g/mol. The normalized spacial score (nSPS) is 21.5. The first-order valence-corrected chi connectivity index (χ1v) is 7.77. The van der Waals surface area contributed by atoms with E-state index >= 15 is 0 Å². The summed E-state index contributed by atoms with van der Waals surface area (Å²) in [6, 6.07) is 7.51.